The number of rotatable bonds is 8. The summed E-state index contributed by atoms with van der Waals surface area (Å²) < 4.78 is 80.9. The van der Waals surface area contributed by atoms with Gasteiger partial charge in [-0.1, -0.05) is 0 Å². The molecule has 0 aromatic heterocycles. The minimum Gasteiger partial charge on any atom is -0.311 e. The van der Waals surface area contributed by atoms with Crippen LogP contribution in [0.3, 0.4) is 0 Å². The predicted molar refractivity (Wildman–Crippen MR) is 43.1 cm³/mol. The van der Waals surface area contributed by atoms with Crippen molar-refractivity contribution >= 4 is 0 Å². The molecule has 0 bridgehead atoms. The predicted octanol–water partition coefficient (Wildman–Crippen LogP) is 0.220. The lowest BCUT2D eigenvalue weighted by molar-refractivity contribution is -0.330. The van der Waals surface area contributed by atoms with Crippen LogP contribution in [0.15, 0.2) is 0 Å². The monoisotopic (exact) mass is 271 g/mol. The van der Waals surface area contributed by atoms with Crippen LogP contribution in [0, 0.1) is 0 Å². The molecule has 0 amide bonds. The highest BCUT2D eigenvalue weighted by Crippen LogP contribution is 2.23. The second-order valence-electron chi connectivity index (χ2n) is 2.99. The Labute approximate surface area is 92.0 Å². The van der Waals surface area contributed by atoms with Gasteiger partial charge in [-0.3, -0.25) is 17.0 Å². The first-order valence-electron chi connectivity index (χ1n) is 4.11. The lowest BCUT2D eigenvalue weighted by Crippen LogP contribution is -2.43. The van der Waals surface area contributed by atoms with Gasteiger partial charge in [0.2, 0.25) is 0 Å². The Morgan fingerprint density at radius 3 is 1.76 bits per heavy atom. The molecular formula is C6H11F6N3O2. The van der Waals surface area contributed by atoms with Crippen molar-refractivity contribution < 1.29 is 35.8 Å². The number of halogens is 6. The van der Waals surface area contributed by atoms with Gasteiger partial charge in [0.25, 0.3) is 0 Å². The van der Waals surface area contributed by atoms with Gasteiger partial charge in [0.15, 0.2) is 0 Å². The fourth-order valence-electron chi connectivity index (χ4n) is 0.603. The molecule has 104 valence electrons. The molecule has 0 spiro atoms. The standard InChI is InChI=1S/C6H11F6N3O2/c7-4(8,13)2-16-6(11,12)3-17-5(9,10)1-15-14/h15H,1-3,13-14H2. The Balaban J connectivity index is 4.09. The van der Waals surface area contributed by atoms with E-state index >= 15 is 0 Å². The zero-order chi connectivity index (χ0) is 13.7. The van der Waals surface area contributed by atoms with E-state index in [4.69, 9.17) is 0 Å². The van der Waals surface area contributed by atoms with Gasteiger partial charge in [0, 0.05) is 0 Å². The van der Waals surface area contributed by atoms with Crippen LogP contribution in [0.4, 0.5) is 26.3 Å². The summed E-state index contributed by atoms with van der Waals surface area (Å²) in [6, 6.07) is -4.00. The third-order valence-corrected chi connectivity index (χ3v) is 1.24. The third kappa shape index (κ3) is 9.12. The van der Waals surface area contributed by atoms with E-state index in [0.717, 1.165) is 0 Å². The molecule has 0 aliphatic rings. The van der Waals surface area contributed by atoms with Crippen LogP contribution in [-0.4, -0.2) is 38.0 Å². The Morgan fingerprint density at radius 2 is 1.35 bits per heavy atom. The lowest BCUT2D eigenvalue weighted by atomic mass is 10.5. The van der Waals surface area contributed by atoms with Crippen molar-refractivity contribution in [2.75, 3.05) is 19.8 Å². The number of hydrazine groups is 1. The SMILES string of the molecule is NNCC(F)(F)OCC(F)(F)OCC(N)(F)F. The van der Waals surface area contributed by atoms with Gasteiger partial charge < -0.3 is 9.47 Å². The summed E-state index contributed by atoms with van der Waals surface area (Å²) in [4.78, 5) is 0. The molecule has 11 heteroatoms. The van der Waals surface area contributed by atoms with Crippen LogP contribution in [0.5, 0.6) is 0 Å². The topological polar surface area (TPSA) is 82.5 Å². The summed E-state index contributed by atoms with van der Waals surface area (Å²) in [7, 11) is 0. The van der Waals surface area contributed by atoms with E-state index in [2.05, 4.69) is 21.1 Å². The summed E-state index contributed by atoms with van der Waals surface area (Å²) in [6.45, 7) is -4.97. The van der Waals surface area contributed by atoms with Crippen LogP contribution in [0.2, 0.25) is 0 Å². The number of nitrogens with one attached hydrogen (secondary N) is 1. The van der Waals surface area contributed by atoms with Gasteiger partial charge in [-0.25, -0.2) is 0 Å². The smallest absolute Gasteiger partial charge is 0.311 e. The number of ether oxygens (including phenoxy) is 2. The van der Waals surface area contributed by atoms with Gasteiger partial charge in [-0.15, -0.1) is 0 Å². The average Bonchev–Trinajstić information content (AvgIpc) is 2.12. The fourth-order valence-corrected chi connectivity index (χ4v) is 0.603. The van der Waals surface area contributed by atoms with Crippen LogP contribution in [0.1, 0.15) is 0 Å². The molecule has 0 unspecified atom stereocenters. The van der Waals surface area contributed by atoms with E-state index in [9.17, 15) is 26.3 Å². The molecule has 0 heterocycles. The van der Waals surface area contributed by atoms with Gasteiger partial charge >= 0.3 is 18.3 Å². The highest BCUT2D eigenvalue weighted by Gasteiger charge is 2.40. The molecule has 0 aliphatic carbocycles. The second kappa shape index (κ2) is 5.82. The highest BCUT2D eigenvalue weighted by molar-refractivity contribution is 4.61. The molecule has 0 saturated heterocycles. The van der Waals surface area contributed by atoms with Crippen LogP contribution in [-0.2, 0) is 9.47 Å². The Bertz CT molecular complexity index is 234. The van der Waals surface area contributed by atoms with E-state index < -0.39 is 38.0 Å². The van der Waals surface area contributed by atoms with Crippen LogP contribution in [0.25, 0.3) is 0 Å². The summed E-state index contributed by atoms with van der Waals surface area (Å²) >= 11 is 0. The van der Waals surface area contributed by atoms with Crippen molar-refractivity contribution in [3.63, 3.8) is 0 Å². The molecule has 5 nitrogen and oxygen atoms in total. The first-order valence-corrected chi connectivity index (χ1v) is 4.11. The Hall–Kier alpha value is -0.620. The van der Waals surface area contributed by atoms with E-state index in [-0.39, 0.29) is 0 Å². The fraction of sp³-hybridized carbons (Fsp3) is 1.00. The summed E-state index contributed by atoms with van der Waals surface area (Å²) in [5, 5.41) is 0. The van der Waals surface area contributed by atoms with Crippen molar-refractivity contribution in [1.29, 1.82) is 0 Å². The minimum absolute atomic E-state index is 1.23. The van der Waals surface area contributed by atoms with Gasteiger partial charge in [0.05, 0.1) is 0 Å². The van der Waals surface area contributed by atoms with Gasteiger partial charge in [-0.05, 0) is 0 Å². The molecule has 0 saturated carbocycles. The zero-order valence-corrected chi connectivity index (χ0v) is 8.36. The van der Waals surface area contributed by atoms with E-state index in [1.807, 2.05) is 0 Å². The largest absolute Gasteiger partial charge is 0.379 e. The average molecular weight is 271 g/mol. The maximum Gasteiger partial charge on any atom is 0.379 e. The molecule has 0 fully saturated rings. The van der Waals surface area contributed by atoms with Crippen molar-refractivity contribution in [3.8, 4) is 0 Å². The number of hydrogen-bond acceptors (Lipinski definition) is 5. The Morgan fingerprint density at radius 1 is 0.882 bits per heavy atom. The molecule has 0 aromatic rings. The van der Waals surface area contributed by atoms with Crippen molar-refractivity contribution in [1.82, 2.24) is 5.43 Å². The van der Waals surface area contributed by atoms with Crippen LogP contribution >= 0.6 is 0 Å². The maximum absolute atomic E-state index is 12.6. The first-order chi connectivity index (χ1) is 7.47. The lowest BCUT2D eigenvalue weighted by Gasteiger charge is -2.22. The summed E-state index contributed by atoms with van der Waals surface area (Å²) in [5.41, 5.74) is 5.56. The normalized spacial score (nSPS) is 14.1. The second-order valence-corrected chi connectivity index (χ2v) is 2.99. The highest BCUT2D eigenvalue weighted by atomic mass is 19.3. The van der Waals surface area contributed by atoms with E-state index in [1.165, 1.54) is 5.43 Å². The number of alkyl halides is 6. The van der Waals surface area contributed by atoms with Crippen molar-refractivity contribution in [2.24, 2.45) is 11.6 Å². The summed E-state index contributed by atoms with van der Waals surface area (Å²) in [5.74, 6) is 4.53. The van der Waals surface area contributed by atoms with Crippen LogP contribution < -0.4 is 17.0 Å². The van der Waals surface area contributed by atoms with Gasteiger partial charge in [-0.2, -0.15) is 26.3 Å². The minimum atomic E-state index is -4.32. The summed E-state index contributed by atoms with van der Waals surface area (Å²) in [6.07, 6.45) is -8.30. The molecule has 0 aromatic carbocycles. The molecule has 0 atom stereocenters. The van der Waals surface area contributed by atoms with Crippen molar-refractivity contribution in [2.45, 2.75) is 18.3 Å². The third-order valence-electron chi connectivity index (χ3n) is 1.24. The molecule has 5 N–H and O–H groups in total. The zero-order valence-electron chi connectivity index (χ0n) is 8.36. The molecule has 17 heavy (non-hydrogen) atoms. The van der Waals surface area contributed by atoms with Gasteiger partial charge in [0.1, 0.15) is 19.8 Å². The quantitative estimate of drug-likeness (QED) is 0.254. The molecular weight excluding hydrogens is 260 g/mol. The van der Waals surface area contributed by atoms with E-state index in [0.29, 0.717) is 0 Å². The van der Waals surface area contributed by atoms with Crippen molar-refractivity contribution in [3.05, 3.63) is 0 Å². The maximum atomic E-state index is 12.6. The first kappa shape index (κ1) is 16.4. The number of hydrogen-bond donors (Lipinski definition) is 3. The molecule has 0 rings (SSSR count). The number of nitrogens with two attached hydrogens (primary N) is 2. The van der Waals surface area contributed by atoms with E-state index in [1.54, 1.807) is 0 Å². The Kier molecular flexibility index (Phi) is 5.61. The molecule has 0 radical (unpaired) electrons. The molecule has 0 aliphatic heterocycles.